The highest BCUT2D eigenvalue weighted by Gasteiger charge is 2.25. The van der Waals surface area contributed by atoms with Crippen LogP contribution in [0.15, 0.2) is 12.1 Å². The van der Waals surface area contributed by atoms with Crippen LogP contribution in [0.4, 0.5) is 8.78 Å². The molecule has 1 aliphatic heterocycles. The van der Waals surface area contributed by atoms with E-state index in [0.717, 1.165) is 37.9 Å². The number of aromatic amines is 1. The molecule has 1 aromatic heterocycles. The maximum atomic E-state index is 13.2. The predicted octanol–water partition coefficient (Wildman–Crippen LogP) is 2.78. The van der Waals surface area contributed by atoms with E-state index in [1.54, 1.807) is 6.92 Å². The molecule has 1 unspecified atom stereocenters. The fourth-order valence-electron chi connectivity index (χ4n) is 3.00. The van der Waals surface area contributed by atoms with Crippen molar-refractivity contribution in [1.82, 2.24) is 14.9 Å². The molecule has 2 heterocycles. The summed E-state index contributed by atoms with van der Waals surface area (Å²) in [7, 11) is 0. The number of rotatable bonds is 2. The molecule has 6 heteroatoms. The number of H-pyrrole nitrogens is 1. The van der Waals surface area contributed by atoms with Gasteiger partial charge in [-0.25, -0.2) is 13.8 Å². The normalized spacial score (nSPS) is 19.2. The molecular formula is C15H17F2N3O. The highest BCUT2D eigenvalue weighted by molar-refractivity contribution is 5.75. The summed E-state index contributed by atoms with van der Waals surface area (Å²) in [6.45, 7) is 2.34. The number of nitrogens with one attached hydrogen (secondary N) is 1. The van der Waals surface area contributed by atoms with Crippen LogP contribution in [0.2, 0.25) is 0 Å². The van der Waals surface area contributed by atoms with Crippen LogP contribution in [0.25, 0.3) is 11.0 Å². The lowest BCUT2D eigenvalue weighted by Gasteiger charge is -2.34. The Labute approximate surface area is 121 Å². The molecule has 1 aromatic carbocycles. The van der Waals surface area contributed by atoms with Crippen molar-refractivity contribution in [2.75, 3.05) is 6.54 Å². The van der Waals surface area contributed by atoms with Gasteiger partial charge in [-0.2, -0.15) is 0 Å². The third-order valence-corrected chi connectivity index (χ3v) is 4.03. The van der Waals surface area contributed by atoms with E-state index in [0.29, 0.717) is 23.3 Å². The Kier molecular flexibility index (Phi) is 3.61. The molecule has 1 amide bonds. The second-order valence-corrected chi connectivity index (χ2v) is 5.53. The van der Waals surface area contributed by atoms with Crippen LogP contribution in [-0.2, 0) is 11.2 Å². The van der Waals surface area contributed by atoms with E-state index in [9.17, 15) is 13.6 Å². The van der Waals surface area contributed by atoms with Gasteiger partial charge in [-0.15, -0.1) is 0 Å². The van der Waals surface area contributed by atoms with Crippen molar-refractivity contribution in [3.05, 3.63) is 29.6 Å². The van der Waals surface area contributed by atoms with E-state index in [-0.39, 0.29) is 11.9 Å². The van der Waals surface area contributed by atoms with E-state index in [1.807, 2.05) is 4.90 Å². The minimum absolute atomic E-state index is 0.0629. The van der Waals surface area contributed by atoms with Crippen LogP contribution < -0.4 is 0 Å². The van der Waals surface area contributed by atoms with Gasteiger partial charge in [0.05, 0.1) is 11.0 Å². The van der Waals surface area contributed by atoms with E-state index in [4.69, 9.17) is 0 Å². The average molecular weight is 293 g/mol. The summed E-state index contributed by atoms with van der Waals surface area (Å²) >= 11 is 0. The maximum Gasteiger partial charge on any atom is 0.219 e. The highest BCUT2D eigenvalue weighted by atomic mass is 19.2. The molecule has 0 radical (unpaired) electrons. The number of fused-ring (bicyclic) bond motifs is 1. The van der Waals surface area contributed by atoms with Gasteiger partial charge in [0.1, 0.15) is 5.82 Å². The number of hydrogen-bond acceptors (Lipinski definition) is 2. The Morgan fingerprint density at radius 2 is 2.14 bits per heavy atom. The number of likely N-dealkylation sites (tertiary alicyclic amines) is 1. The first-order chi connectivity index (χ1) is 10.0. The summed E-state index contributed by atoms with van der Waals surface area (Å²) in [4.78, 5) is 20.8. The molecule has 2 aromatic rings. The molecule has 0 saturated carbocycles. The molecule has 1 aliphatic rings. The van der Waals surface area contributed by atoms with Gasteiger partial charge in [0.15, 0.2) is 11.6 Å². The molecule has 0 aliphatic carbocycles. The van der Waals surface area contributed by atoms with Crippen molar-refractivity contribution in [1.29, 1.82) is 0 Å². The zero-order valence-corrected chi connectivity index (χ0v) is 11.8. The van der Waals surface area contributed by atoms with Gasteiger partial charge in [-0.05, 0) is 19.3 Å². The number of carbonyl (C=O) groups is 1. The monoisotopic (exact) mass is 293 g/mol. The lowest BCUT2D eigenvalue weighted by Crippen LogP contribution is -2.43. The fraction of sp³-hybridized carbons (Fsp3) is 0.467. The number of halogens is 2. The Hall–Kier alpha value is -1.98. The van der Waals surface area contributed by atoms with Crippen molar-refractivity contribution < 1.29 is 13.6 Å². The summed E-state index contributed by atoms with van der Waals surface area (Å²) in [5.74, 6) is -1.06. The smallest absolute Gasteiger partial charge is 0.219 e. The van der Waals surface area contributed by atoms with Crippen LogP contribution in [0, 0.1) is 11.6 Å². The van der Waals surface area contributed by atoms with Gasteiger partial charge in [-0.3, -0.25) is 4.79 Å². The molecule has 0 spiro atoms. The molecule has 1 fully saturated rings. The molecule has 1 atom stereocenters. The minimum atomic E-state index is -0.899. The maximum absolute atomic E-state index is 13.2. The topological polar surface area (TPSA) is 49.0 Å². The van der Waals surface area contributed by atoms with Gasteiger partial charge < -0.3 is 9.88 Å². The number of imidazole rings is 1. The summed E-state index contributed by atoms with van der Waals surface area (Å²) in [6.07, 6.45) is 3.61. The van der Waals surface area contributed by atoms with Crippen LogP contribution in [0.3, 0.4) is 0 Å². The summed E-state index contributed by atoms with van der Waals surface area (Å²) in [5.41, 5.74) is 0.892. The number of hydrogen-bond donors (Lipinski definition) is 1. The Balaban J connectivity index is 1.85. The largest absolute Gasteiger partial charge is 0.342 e. The summed E-state index contributed by atoms with van der Waals surface area (Å²) in [6, 6.07) is 2.31. The Morgan fingerprint density at radius 3 is 2.90 bits per heavy atom. The van der Waals surface area contributed by atoms with Crippen molar-refractivity contribution >= 4 is 16.9 Å². The average Bonchev–Trinajstić information content (AvgIpc) is 2.81. The van der Waals surface area contributed by atoms with Crippen molar-refractivity contribution in [2.45, 2.75) is 38.6 Å². The SMILES string of the molecule is CC(=O)N1CCCCC1Cc1nc2cc(F)c(F)cc2[nH]1. The first kappa shape index (κ1) is 14.0. The molecule has 4 nitrogen and oxygen atoms in total. The van der Waals surface area contributed by atoms with Gasteiger partial charge in [-0.1, -0.05) is 0 Å². The third kappa shape index (κ3) is 2.75. The van der Waals surface area contributed by atoms with Crippen molar-refractivity contribution in [3.8, 4) is 0 Å². The van der Waals surface area contributed by atoms with Gasteiger partial charge in [0.2, 0.25) is 5.91 Å². The number of aromatic nitrogens is 2. The van der Waals surface area contributed by atoms with Crippen LogP contribution in [0.5, 0.6) is 0 Å². The predicted molar refractivity (Wildman–Crippen MR) is 74.7 cm³/mol. The molecule has 112 valence electrons. The standard InChI is InChI=1S/C15H17F2N3O/c1-9(21)20-5-3-2-4-10(20)6-15-18-13-7-11(16)12(17)8-14(13)19-15/h7-8,10H,2-6H2,1H3,(H,18,19). The number of piperidine rings is 1. The second kappa shape index (κ2) is 5.42. The quantitative estimate of drug-likeness (QED) is 0.925. The molecule has 1 N–H and O–H groups in total. The molecule has 1 saturated heterocycles. The molecule has 3 rings (SSSR count). The lowest BCUT2D eigenvalue weighted by molar-refractivity contribution is -0.132. The molecule has 21 heavy (non-hydrogen) atoms. The number of carbonyl (C=O) groups excluding carboxylic acids is 1. The van der Waals surface area contributed by atoms with E-state index in [2.05, 4.69) is 9.97 Å². The zero-order valence-electron chi connectivity index (χ0n) is 11.8. The molecular weight excluding hydrogens is 276 g/mol. The van der Waals surface area contributed by atoms with Gasteiger partial charge in [0, 0.05) is 38.1 Å². The highest BCUT2D eigenvalue weighted by Crippen LogP contribution is 2.22. The van der Waals surface area contributed by atoms with Crippen LogP contribution >= 0.6 is 0 Å². The van der Waals surface area contributed by atoms with Gasteiger partial charge in [0.25, 0.3) is 0 Å². The number of nitrogens with zero attached hydrogens (tertiary/aromatic N) is 2. The van der Waals surface area contributed by atoms with Crippen molar-refractivity contribution in [3.63, 3.8) is 0 Å². The lowest BCUT2D eigenvalue weighted by atomic mass is 9.99. The first-order valence-corrected chi connectivity index (χ1v) is 7.15. The van der Waals surface area contributed by atoms with E-state index < -0.39 is 11.6 Å². The second-order valence-electron chi connectivity index (χ2n) is 5.53. The third-order valence-electron chi connectivity index (χ3n) is 4.03. The number of benzene rings is 1. The minimum Gasteiger partial charge on any atom is -0.342 e. The van der Waals surface area contributed by atoms with Gasteiger partial charge >= 0.3 is 0 Å². The van der Waals surface area contributed by atoms with Crippen LogP contribution in [0.1, 0.15) is 32.0 Å². The zero-order chi connectivity index (χ0) is 15.0. The fourth-order valence-corrected chi connectivity index (χ4v) is 3.00. The van der Waals surface area contributed by atoms with E-state index in [1.165, 1.54) is 0 Å². The molecule has 0 bridgehead atoms. The Morgan fingerprint density at radius 1 is 1.38 bits per heavy atom. The Bertz CT molecular complexity index is 644. The summed E-state index contributed by atoms with van der Waals surface area (Å²) in [5, 5.41) is 0. The van der Waals surface area contributed by atoms with Crippen LogP contribution in [-0.4, -0.2) is 33.4 Å². The first-order valence-electron chi connectivity index (χ1n) is 7.15. The van der Waals surface area contributed by atoms with E-state index >= 15 is 0 Å². The summed E-state index contributed by atoms with van der Waals surface area (Å²) < 4.78 is 26.4. The van der Waals surface area contributed by atoms with Crippen molar-refractivity contribution in [2.24, 2.45) is 0 Å². The number of amides is 1.